The van der Waals surface area contributed by atoms with Gasteiger partial charge in [-0.3, -0.25) is 0 Å². The first kappa shape index (κ1) is 19.4. The number of hydrogen-bond donors (Lipinski definition) is 0. The van der Waals surface area contributed by atoms with Crippen LogP contribution >= 0.6 is 0 Å². The molecule has 0 amide bonds. The van der Waals surface area contributed by atoms with Gasteiger partial charge in [0.1, 0.15) is 0 Å². The van der Waals surface area contributed by atoms with E-state index in [1.165, 1.54) is 35.1 Å². The third-order valence-electron chi connectivity index (χ3n) is 3.15. The first-order valence-corrected chi connectivity index (χ1v) is 8.26. The van der Waals surface area contributed by atoms with Crippen molar-refractivity contribution in [3.05, 3.63) is 70.8 Å². The first-order valence-electron chi connectivity index (χ1n) is 8.26. The van der Waals surface area contributed by atoms with Gasteiger partial charge >= 0.3 is 0 Å². The number of rotatable bonds is 3. The molecule has 116 valence electrons. The second-order valence-electron chi connectivity index (χ2n) is 5.08. The zero-order valence-corrected chi connectivity index (χ0v) is 14.7. The topological polar surface area (TPSA) is 0 Å². The highest BCUT2D eigenvalue weighted by Crippen LogP contribution is 2.05. The summed E-state index contributed by atoms with van der Waals surface area (Å²) in [5, 5.41) is 0. The van der Waals surface area contributed by atoms with Crippen molar-refractivity contribution in [2.24, 2.45) is 0 Å². The lowest BCUT2D eigenvalue weighted by Gasteiger charge is -1.97. The van der Waals surface area contributed by atoms with Gasteiger partial charge in [0, 0.05) is 0 Å². The molecule has 0 nitrogen and oxygen atoms in total. The van der Waals surface area contributed by atoms with Crippen LogP contribution in [0.2, 0.25) is 0 Å². The molecule has 0 aromatic heterocycles. The van der Waals surface area contributed by atoms with Crippen molar-refractivity contribution < 1.29 is 0 Å². The van der Waals surface area contributed by atoms with Crippen LogP contribution in [0.5, 0.6) is 0 Å². The number of benzene rings is 2. The maximum atomic E-state index is 2.22. The van der Waals surface area contributed by atoms with Gasteiger partial charge in [-0.05, 0) is 37.8 Å². The van der Waals surface area contributed by atoms with E-state index in [-0.39, 0.29) is 0 Å². The van der Waals surface area contributed by atoms with Crippen molar-refractivity contribution in [3.8, 4) is 0 Å². The monoisotopic (exact) mass is 284 g/mol. The van der Waals surface area contributed by atoms with Crippen molar-refractivity contribution in [1.82, 2.24) is 0 Å². The van der Waals surface area contributed by atoms with Gasteiger partial charge in [0.15, 0.2) is 0 Å². The molecule has 0 bridgehead atoms. The van der Waals surface area contributed by atoms with E-state index in [4.69, 9.17) is 0 Å². The summed E-state index contributed by atoms with van der Waals surface area (Å²) in [5.41, 5.74) is 5.58. The molecule has 0 unspecified atom stereocenters. The van der Waals surface area contributed by atoms with Crippen LogP contribution < -0.4 is 0 Å². The Hall–Kier alpha value is -1.56. The van der Waals surface area contributed by atoms with Crippen molar-refractivity contribution in [3.63, 3.8) is 0 Å². The van der Waals surface area contributed by atoms with Crippen LogP contribution in [0, 0.1) is 13.8 Å². The van der Waals surface area contributed by atoms with Gasteiger partial charge in [-0.1, -0.05) is 93.8 Å². The summed E-state index contributed by atoms with van der Waals surface area (Å²) < 4.78 is 0. The molecule has 0 N–H and O–H groups in total. The van der Waals surface area contributed by atoms with Crippen LogP contribution in [0.1, 0.15) is 56.4 Å². The average Bonchev–Trinajstić information content (AvgIpc) is 2.52. The molecule has 0 spiro atoms. The summed E-state index contributed by atoms with van der Waals surface area (Å²) in [6, 6.07) is 17.4. The molecule has 2 aromatic rings. The van der Waals surface area contributed by atoms with Gasteiger partial charge in [-0.15, -0.1) is 0 Å². The zero-order chi connectivity index (χ0) is 16.1. The molecular weight excluding hydrogens is 252 g/mol. The molecule has 0 aliphatic rings. The average molecular weight is 284 g/mol. The van der Waals surface area contributed by atoms with E-state index in [1.54, 1.807) is 0 Å². The summed E-state index contributed by atoms with van der Waals surface area (Å²) in [6.45, 7) is 12.6. The highest BCUT2D eigenvalue weighted by molar-refractivity contribution is 5.22. The highest BCUT2D eigenvalue weighted by Gasteiger charge is 1.88. The second-order valence-corrected chi connectivity index (χ2v) is 5.08. The van der Waals surface area contributed by atoms with Crippen LogP contribution in [0.25, 0.3) is 0 Å². The minimum Gasteiger partial charge on any atom is -0.0683 e. The van der Waals surface area contributed by atoms with Crippen LogP contribution in [-0.2, 0) is 12.8 Å². The lowest BCUT2D eigenvalue weighted by Crippen LogP contribution is -1.81. The summed E-state index contributed by atoms with van der Waals surface area (Å²) in [6.07, 6.45) is 3.59. The van der Waals surface area contributed by atoms with Gasteiger partial charge in [0.2, 0.25) is 0 Å². The van der Waals surface area contributed by atoms with Crippen LogP contribution in [0.4, 0.5) is 0 Å². The summed E-state index contributed by atoms with van der Waals surface area (Å²) >= 11 is 0. The molecule has 0 aliphatic heterocycles. The van der Waals surface area contributed by atoms with E-state index in [0.717, 1.165) is 6.42 Å². The third-order valence-corrected chi connectivity index (χ3v) is 3.15. The summed E-state index contributed by atoms with van der Waals surface area (Å²) in [4.78, 5) is 0. The molecule has 0 aliphatic carbocycles. The Morgan fingerprint density at radius 1 is 0.714 bits per heavy atom. The Morgan fingerprint density at radius 2 is 1.33 bits per heavy atom. The third kappa shape index (κ3) is 9.07. The molecule has 0 saturated carbocycles. The Kier molecular flexibility index (Phi) is 11.3. The molecule has 0 radical (unpaired) electrons. The molecule has 21 heavy (non-hydrogen) atoms. The normalized spacial score (nSPS) is 9.05. The van der Waals surface area contributed by atoms with Crippen LogP contribution in [0.15, 0.2) is 48.5 Å². The first-order chi connectivity index (χ1) is 10.2. The SMILES string of the molecule is CC.CCCc1ccc(C)cc1.CCc1cccc(C)c1. The van der Waals surface area contributed by atoms with Gasteiger partial charge in [-0.2, -0.15) is 0 Å². The van der Waals surface area contributed by atoms with Crippen LogP contribution in [-0.4, -0.2) is 0 Å². The fourth-order valence-corrected chi connectivity index (χ4v) is 1.98. The fraction of sp³-hybridized carbons (Fsp3) is 0.429. The zero-order valence-electron chi connectivity index (χ0n) is 14.7. The molecule has 0 heteroatoms. The summed E-state index contributed by atoms with van der Waals surface area (Å²) in [5.74, 6) is 0. The van der Waals surface area contributed by atoms with Gasteiger partial charge in [-0.25, -0.2) is 0 Å². The minimum atomic E-state index is 1.14. The second kappa shape index (κ2) is 12.2. The quantitative estimate of drug-likeness (QED) is 0.601. The highest BCUT2D eigenvalue weighted by atomic mass is 13.9. The standard InChI is InChI=1S/C10H14.C9H12.C2H6/c1-3-4-10-7-5-9(2)6-8-10;1-3-9-6-4-5-8(2)7-9;1-2/h5-8H,3-4H2,1-2H3;4-7H,3H2,1-2H3;1-2H3. The van der Waals surface area contributed by atoms with Gasteiger partial charge in [0.25, 0.3) is 0 Å². The Balaban J connectivity index is 0.000000342. The van der Waals surface area contributed by atoms with E-state index in [9.17, 15) is 0 Å². The molecule has 0 saturated heterocycles. The smallest absolute Gasteiger partial charge is 0.0281 e. The Bertz CT molecular complexity index is 466. The molecule has 0 atom stereocenters. The summed E-state index contributed by atoms with van der Waals surface area (Å²) in [7, 11) is 0. The van der Waals surface area contributed by atoms with Crippen molar-refractivity contribution >= 4 is 0 Å². The lowest BCUT2D eigenvalue weighted by molar-refractivity contribution is 0.921. The molecule has 0 heterocycles. The molecular formula is C21H32. The predicted molar refractivity (Wildman–Crippen MR) is 97.1 cm³/mol. The van der Waals surface area contributed by atoms with E-state index in [2.05, 4.69) is 76.2 Å². The molecule has 0 fully saturated rings. The van der Waals surface area contributed by atoms with Crippen LogP contribution in [0.3, 0.4) is 0 Å². The number of hydrogen-bond acceptors (Lipinski definition) is 0. The van der Waals surface area contributed by atoms with E-state index in [1.807, 2.05) is 13.8 Å². The maximum absolute atomic E-state index is 2.22. The predicted octanol–water partition coefficient (Wildman–Crippen LogP) is 6.53. The number of aryl methyl sites for hydroxylation is 4. The Morgan fingerprint density at radius 3 is 1.76 bits per heavy atom. The van der Waals surface area contributed by atoms with E-state index >= 15 is 0 Å². The van der Waals surface area contributed by atoms with Gasteiger partial charge in [0.05, 0.1) is 0 Å². The fourth-order valence-electron chi connectivity index (χ4n) is 1.98. The molecule has 2 rings (SSSR count). The lowest BCUT2D eigenvalue weighted by atomic mass is 10.1. The van der Waals surface area contributed by atoms with Gasteiger partial charge < -0.3 is 0 Å². The Labute approximate surface area is 132 Å². The largest absolute Gasteiger partial charge is 0.0683 e. The minimum absolute atomic E-state index is 1.14. The molecule has 2 aromatic carbocycles. The van der Waals surface area contributed by atoms with E-state index < -0.39 is 0 Å². The maximum Gasteiger partial charge on any atom is -0.0281 e. The van der Waals surface area contributed by atoms with Crippen molar-refractivity contribution in [2.45, 2.75) is 60.8 Å². The van der Waals surface area contributed by atoms with Crippen molar-refractivity contribution in [1.29, 1.82) is 0 Å². The van der Waals surface area contributed by atoms with E-state index in [0.29, 0.717) is 0 Å². The van der Waals surface area contributed by atoms with Crippen molar-refractivity contribution in [2.75, 3.05) is 0 Å².